The van der Waals surface area contributed by atoms with Gasteiger partial charge in [-0.05, 0) is 50.1 Å². The van der Waals surface area contributed by atoms with E-state index < -0.39 is 0 Å². The third-order valence-electron chi connectivity index (χ3n) is 4.68. The molecule has 4 rings (SSSR count). The van der Waals surface area contributed by atoms with E-state index in [1.807, 2.05) is 6.07 Å². The molecule has 0 bridgehead atoms. The quantitative estimate of drug-likeness (QED) is 0.714. The fourth-order valence-corrected chi connectivity index (χ4v) is 3.04. The number of amides is 2. The van der Waals surface area contributed by atoms with Crippen molar-refractivity contribution in [2.45, 2.75) is 32.4 Å². The summed E-state index contributed by atoms with van der Waals surface area (Å²) in [6, 6.07) is 14.1. The van der Waals surface area contributed by atoms with Gasteiger partial charge in [-0.1, -0.05) is 18.2 Å². The van der Waals surface area contributed by atoms with Gasteiger partial charge in [0.1, 0.15) is 12.4 Å². The number of rotatable bonds is 5. The van der Waals surface area contributed by atoms with Gasteiger partial charge in [-0.2, -0.15) is 0 Å². The van der Waals surface area contributed by atoms with Crippen molar-refractivity contribution in [2.24, 2.45) is 0 Å². The van der Waals surface area contributed by atoms with Crippen molar-refractivity contribution in [3.63, 3.8) is 0 Å². The van der Waals surface area contributed by atoms with Gasteiger partial charge in [0.05, 0.1) is 10.9 Å². The van der Waals surface area contributed by atoms with Crippen LogP contribution in [0, 0.1) is 6.92 Å². The van der Waals surface area contributed by atoms with Crippen LogP contribution in [0.1, 0.15) is 29.0 Å². The van der Waals surface area contributed by atoms with E-state index in [0.717, 1.165) is 12.8 Å². The average Bonchev–Trinajstić information content (AvgIpc) is 3.49. The number of para-hydroxylation sites is 1. The maximum absolute atomic E-state index is 12.7. The van der Waals surface area contributed by atoms with Gasteiger partial charge < -0.3 is 10.6 Å². The number of aryl methyl sites for hydroxylation is 1. The first kappa shape index (κ1) is 17.9. The van der Waals surface area contributed by atoms with E-state index in [-0.39, 0.29) is 30.0 Å². The Labute approximate surface area is 161 Å². The van der Waals surface area contributed by atoms with E-state index in [9.17, 15) is 14.4 Å². The first-order chi connectivity index (χ1) is 13.5. The molecule has 0 spiro atoms. The first-order valence-electron chi connectivity index (χ1n) is 9.18. The second kappa shape index (κ2) is 7.26. The van der Waals surface area contributed by atoms with Gasteiger partial charge in [0.15, 0.2) is 0 Å². The molecule has 1 aromatic heterocycles. The van der Waals surface area contributed by atoms with Crippen LogP contribution < -0.4 is 16.2 Å². The number of hydrogen-bond acceptors (Lipinski definition) is 4. The Bertz CT molecular complexity index is 1130. The Morgan fingerprint density at radius 2 is 1.93 bits per heavy atom. The van der Waals surface area contributed by atoms with Gasteiger partial charge in [0, 0.05) is 17.3 Å². The molecule has 0 unspecified atom stereocenters. The van der Waals surface area contributed by atoms with Crippen LogP contribution in [0.25, 0.3) is 10.9 Å². The van der Waals surface area contributed by atoms with Crippen LogP contribution in [0.5, 0.6) is 0 Å². The Balaban J connectivity index is 1.51. The van der Waals surface area contributed by atoms with E-state index in [0.29, 0.717) is 28.0 Å². The summed E-state index contributed by atoms with van der Waals surface area (Å²) in [5.74, 6) is -0.0390. The van der Waals surface area contributed by atoms with E-state index in [1.54, 1.807) is 49.4 Å². The minimum atomic E-state index is -0.359. The van der Waals surface area contributed by atoms with Gasteiger partial charge in [-0.25, -0.2) is 4.98 Å². The molecule has 0 radical (unpaired) electrons. The molecule has 7 heteroatoms. The highest BCUT2D eigenvalue weighted by atomic mass is 16.2. The predicted octanol–water partition coefficient (Wildman–Crippen LogP) is 2.24. The maximum atomic E-state index is 12.7. The van der Waals surface area contributed by atoms with Crippen molar-refractivity contribution in [1.29, 1.82) is 0 Å². The highest BCUT2D eigenvalue weighted by molar-refractivity contribution is 5.97. The average molecular weight is 376 g/mol. The molecule has 1 saturated carbocycles. The van der Waals surface area contributed by atoms with Crippen LogP contribution in [0.2, 0.25) is 0 Å². The summed E-state index contributed by atoms with van der Waals surface area (Å²) < 4.78 is 1.35. The molecular weight excluding hydrogens is 356 g/mol. The van der Waals surface area contributed by atoms with Crippen LogP contribution in [0.4, 0.5) is 5.69 Å². The van der Waals surface area contributed by atoms with Crippen LogP contribution in [-0.4, -0.2) is 27.4 Å². The first-order valence-corrected chi connectivity index (χ1v) is 9.18. The second-order valence-electron chi connectivity index (χ2n) is 6.94. The molecule has 1 aliphatic rings. The molecule has 1 fully saturated rings. The Morgan fingerprint density at radius 1 is 1.14 bits per heavy atom. The molecule has 28 heavy (non-hydrogen) atoms. The lowest BCUT2D eigenvalue weighted by atomic mass is 10.2. The summed E-state index contributed by atoms with van der Waals surface area (Å²) in [4.78, 5) is 41.7. The fraction of sp³-hybridized carbons (Fsp3) is 0.238. The molecule has 7 nitrogen and oxygen atoms in total. The van der Waals surface area contributed by atoms with Crippen LogP contribution >= 0.6 is 0 Å². The van der Waals surface area contributed by atoms with E-state index in [4.69, 9.17) is 0 Å². The smallest absolute Gasteiger partial charge is 0.261 e. The van der Waals surface area contributed by atoms with E-state index >= 15 is 0 Å². The van der Waals surface area contributed by atoms with Gasteiger partial charge in [-0.15, -0.1) is 0 Å². The normalized spacial score (nSPS) is 13.3. The molecule has 0 aliphatic heterocycles. The van der Waals surface area contributed by atoms with Crippen molar-refractivity contribution >= 4 is 28.4 Å². The highest BCUT2D eigenvalue weighted by Crippen LogP contribution is 2.20. The topological polar surface area (TPSA) is 93.1 Å². The number of anilines is 1. The highest BCUT2D eigenvalue weighted by Gasteiger charge is 2.23. The summed E-state index contributed by atoms with van der Waals surface area (Å²) in [6.45, 7) is 1.55. The van der Waals surface area contributed by atoms with Gasteiger partial charge in [-0.3, -0.25) is 19.0 Å². The Morgan fingerprint density at radius 3 is 2.71 bits per heavy atom. The van der Waals surface area contributed by atoms with Crippen molar-refractivity contribution in [2.75, 3.05) is 5.32 Å². The standard InChI is InChI=1S/C21H20N4O3/c1-13-22-18-8-3-2-7-17(18)21(28)25(13)12-19(26)23-16-6-4-5-14(11-16)20(27)24-15-9-10-15/h2-8,11,15H,9-10,12H2,1H3,(H,23,26)(H,24,27). The summed E-state index contributed by atoms with van der Waals surface area (Å²) in [6.07, 6.45) is 2.02. The molecule has 2 aromatic carbocycles. The lowest BCUT2D eigenvalue weighted by Crippen LogP contribution is -2.30. The number of nitrogens with zero attached hydrogens (tertiary/aromatic N) is 2. The SMILES string of the molecule is Cc1nc2ccccc2c(=O)n1CC(=O)Nc1cccc(C(=O)NC2CC2)c1. The second-order valence-corrected chi connectivity index (χ2v) is 6.94. The molecule has 2 amide bonds. The zero-order chi connectivity index (χ0) is 19.7. The van der Waals surface area contributed by atoms with Crippen LogP contribution in [-0.2, 0) is 11.3 Å². The Hall–Kier alpha value is -3.48. The minimum absolute atomic E-state index is 0.149. The van der Waals surface area contributed by atoms with Crippen molar-refractivity contribution in [3.05, 3.63) is 70.3 Å². The zero-order valence-corrected chi connectivity index (χ0v) is 15.4. The van der Waals surface area contributed by atoms with Gasteiger partial charge in [0.25, 0.3) is 11.5 Å². The van der Waals surface area contributed by atoms with Gasteiger partial charge in [0.2, 0.25) is 5.91 Å². The minimum Gasteiger partial charge on any atom is -0.349 e. The summed E-state index contributed by atoms with van der Waals surface area (Å²) in [5, 5.41) is 6.14. The number of carbonyl (C=O) groups is 2. The van der Waals surface area contributed by atoms with Crippen molar-refractivity contribution < 1.29 is 9.59 Å². The van der Waals surface area contributed by atoms with Crippen LogP contribution in [0.3, 0.4) is 0 Å². The fourth-order valence-electron chi connectivity index (χ4n) is 3.04. The number of hydrogen-bond donors (Lipinski definition) is 2. The Kier molecular flexibility index (Phi) is 4.65. The summed E-state index contributed by atoms with van der Waals surface area (Å²) in [5.41, 5.74) is 1.35. The summed E-state index contributed by atoms with van der Waals surface area (Å²) >= 11 is 0. The molecule has 3 aromatic rings. The van der Waals surface area contributed by atoms with Gasteiger partial charge >= 0.3 is 0 Å². The molecule has 0 atom stereocenters. The number of aromatic nitrogens is 2. The largest absolute Gasteiger partial charge is 0.349 e. The molecule has 142 valence electrons. The van der Waals surface area contributed by atoms with Crippen molar-refractivity contribution in [1.82, 2.24) is 14.9 Å². The van der Waals surface area contributed by atoms with E-state index in [2.05, 4.69) is 15.6 Å². The molecule has 0 saturated heterocycles. The molecular formula is C21H20N4O3. The number of benzene rings is 2. The molecule has 1 aliphatic carbocycles. The monoisotopic (exact) mass is 376 g/mol. The lowest BCUT2D eigenvalue weighted by molar-refractivity contribution is -0.116. The van der Waals surface area contributed by atoms with Crippen molar-refractivity contribution in [3.8, 4) is 0 Å². The third-order valence-corrected chi connectivity index (χ3v) is 4.68. The molecule has 1 heterocycles. The molecule has 2 N–H and O–H groups in total. The van der Waals surface area contributed by atoms with Crippen LogP contribution in [0.15, 0.2) is 53.3 Å². The zero-order valence-electron chi connectivity index (χ0n) is 15.4. The number of nitrogens with one attached hydrogen (secondary N) is 2. The predicted molar refractivity (Wildman–Crippen MR) is 106 cm³/mol. The maximum Gasteiger partial charge on any atom is 0.261 e. The summed E-state index contributed by atoms with van der Waals surface area (Å²) in [7, 11) is 0. The van der Waals surface area contributed by atoms with E-state index in [1.165, 1.54) is 4.57 Å². The number of fused-ring (bicyclic) bond motifs is 1. The lowest BCUT2D eigenvalue weighted by Gasteiger charge is -2.12. The third kappa shape index (κ3) is 3.78. The number of carbonyl (C=O) groups excluding carboxylic acids is 2.